The molecule has 0 amide bonds. The molecule has 0 heterocycles. The standard InChI is InChI=1S/C18H30O.C14H22O/c1-16(2,3)12-10-13(17(4,5)6)15(19)14(11-12)18(7,8)9;1-13(2,3)10-8-7-9-11(12(10)15)14(4,5)6/h10-11,19H,1-9H3;7-9,15H,1-6H3. The first-order chi connectivity index (χ1) is 14.9. The van der Waals surface area contributed by atoms with Crippen molar-refractivity contribution in [3.8, 4) is 11.5 Å². The van der Waals surface area contributed by atoms with Crippen LogP contribution in [0.5, 0.6) is 11.5 Å². The molecule has 0 radical (unpaired) electrons. The van der Waals surface area contributed by atoms with Gasteiger partial charge in [0.2, 0.25) is 0 Å². The van der Waals surface area contributed by atoms with Gasteiger partial charge in [-0.2, -0.15) is 0 Å². The molecule has 2 nitrogen and oxygen atoms in total. The van der Waals surface area contributed by atoms with Crippen molar-refractivity contribution in [2.45, 2.75) is 131 Å². The monoisotopic (exact) mass is 468 g/mol. The summed E-state index contributed by atoms with van der Waals surface area (Å²) in [6.07, 6.45) is 0. The van der Waals surface area contributed by atoms with Gasteiger partial charge in [0, 0.05) is 0 Å². The van der Waals surface area contributed by atoms with Gasteiger partial charge < -0.3 is 10.2 Å². The number of aromatic hydroxyl groups is 2. The lowest BCUT2D eigenvalue weighted by molar-refractivity contribution is 0.420. The van der Waals surface area contributed by atoms with Crippen molar-refractivity contribution in [1.82, 2.24) is 0 Å². The van der Waals surface area contributed by atoms with E-state index in [1.54, 1.807) is 0 Å². The maximum absolute atomic E-state index is 10.7. The van der Waals surface area contributed by atoms with Crippen molar-refractivity contribution < 1.29 is 10.2 Å². The van der Waals surface area contributed by atoms with Gasteiger partial charge in [-0.25, -0.2) is 0 Å². The third-order valence-corrected chi connectivity index (χ3v) is 6.24. The van der Waals surface area contributed by atoms with Crippen molar-refractivity contribution in [3.05, 3.63) is 58.1 Å². The summed E-state index contributed by atoms with van der Waals surface area (Å²) in [5, 5.41) is 20.9. The summed E-state index contributed by atoms with van der Waals surface area (Å²) in [5.41, 5.74) is 5.40. The van der Waals surface area contributed by atoms with Crippen LogP contribution in [0.4, 0.5) is 0 Å². The van der Waals surface area contributed by atoms with E-state index in [1.807, 2.05) is 18.2 Å². The summed E-state index contributed by atoms with van der Waals surface area (Å²) in [4.78, 5) is 0. The predicted octanol–water partition coefficient (Wildman–Crippen LogP) is 9.27. The van der Waals surface area contributed by atoms with Crippen LogP contribution in [0.2, 0.25) is 0 Å². The second-order valence-electron chi connectivity index (χ2n) is 14.9. The highest BCUT2D eigenvalue weighted by Crippen LogP contribution is 2.42. The Balaban J connectivity index is 0.000000350. The quantitative estimate of drug-likeness (QED) is 0.404. The maximum Gasteiger partial charge on any atom is 0.123 e. The summed E-state index contributed by atoms with van der Waals surface area (Å²) in [7, 11) is 0. The number of benzene rings is 2. The smallest absolute Gasteiger partial charge is 0.123 e. The molecular formula is C32H52O2. The summed E-state index contributed by atoms with van der Waals surface area (Å²) in [5.74, 6) is 0.922. The van der Waals surface area contributed by atoms with Gasteiger partial charge in [0.05, 0.1) is 0 Å². The Bertz CT molecular complexity index is 909. The SMILES string of the molecule is CC(C)(C)c1cc(C(C)(C)C)c(O)c(C(C)(C)C)c1.CC(C)(C)c1cccc(C(C)(C)C)c1O. The van der Waals surface area contributed by atoms with E-state index < -0.39 is 0 Å². The van der Waals surface area contributed by atoms with E-state index >= 15 is 0 Å². The average molecular weight is 469 g/mol. The molecule has 2 rings (SSSR count). The Labute approximate surface area is 210 Å². The van der Waals surface area contributed by atoms with E-state index in [1.165, 1.54) is 5.56 Å². The molecule has 0 saturated heterocycles. The zero-order valence-electron chi connectivity index (χ0n) is 24.8. The fraction of sp³-hybridized carbons (Fsp3) is 0.625. The van der Waals surface area contributed by atoms with E-state index in [4.69, 9.17) is 0 Å². The van der Waals surface area contributed by atoms with E-state index in [9.17, 15) is 10.2 Å². The first-order valence-corrected chi connectivity index (χ1v) is 12.6. The zero-order chi connectivity index (χ0) is 27.1. The molecule has 0 aliphatic rings. The van der Waals surface area contributed by atoms with Crippen molar-refractivity contribution in [2.24, 2.45) is 0 Å². The summed E-state index contributed by atoms with van der Waals surface area (Å²) in [6.45, 7) is 32.3. The average Bonchev–Trinajstić information content (AvgIpc) is 2.57. The summed E-state index contributed by atoms with van der Waals surface area (Å²) < 4.78 is 0. The minimum Gasteiger partial charge on any atom is -0.507 e. The van der Waals surface area contributed by atoms with Crippen LogP contribution in [-0.2, 0) is 27.1 Å². The second kappa shape index (κ2) is 9.59. The molecule has 2 N–H and O–H groups in total. The molecule has 0 unspecified atom stereocenters. The molecule has 0 fully saturated rings. The first-order valence-electron chi connectivity index (χ1n) is 12.6. The molecule has 0 aromatic heterocycles. The number of hydrogen-bond donors (Lipinski definition) is 2. The fourth-order valence-corrected chi connectivity index (χ4v) is 3.96. The second-order valence-corrected chi connectivity index (χ2v) is 14.9. The molecule has 2 aromatic carbocycles. The number of phenols is 2. The number of para-hydroxylation sites is 1. The topological polar surface area (TPSA) is 40.5 Å². The largest absolute Gasteiger partial charge is 0.507 e. The van der Waals surface area contributed by atoms with Crippen molar-refractivity contribution in [3.63, 3.8) is 0 Å². The van der Waals surface area contributed by atoms with Crippen molar-refractivity contribution in [1.29, 1.82) is 0 Å². The van der Waals surface area contributed by atoms with Gasteiger partial charge in [0.1, 0.15) is 11.5 Å². The third-order valence-electron chi connectivity index (χ3n) is 6.24. The minimum atomic E-state index is -0.0503. The normalized spacial score (nSPS) is 13.4. The number of hydrogen-bond acceptors (Lipinski definition) is 2. The zero-order valence-corrected chi connectivity index (χ0v) is 24.8. The van der Waals surface area contributed by atoms with E-state index in [2.05, 4.69) is 116 Å². The van der Waals surface area contributed by atoms with Crippen LogP contribution in [0.1, 0.15) is 132 Å². The molecule has 2 aromatic rings. The fourth-order valence-electron chi connectivity index (χ4n) is 3.96. The molecule has 0 saturated carbocycles. The van der Waals surface area contributed by atoms with Crippen molar-refractivity contribution >= 4 is 0 Å². The molecular weight excluding hydrogens is 416 g/mol. The Hall–Kier alpha value is -1.96. The lowest BCUT2D eigenvalue weighted by Crippen LogP contribution is -2.21. The van der Waals surface area contributed by atoms with Gasteiger partial charge in [-0.15, -0.1) is 0 Å². The Morgan fingerprint density at radius 3 is 0.912 bits per heavy atom. The van der Waals surface area contributed by atoms with E-state index in [0.29, 0.717) is 11.5 Å². The van der Waals surface area contributed by atoms with Crippen LogP contribution in [0, 0.1) is 0 Å². The van der Waals surface area contributed by atoms with Gasteiger partial charge in [0.15, 0.2) is 0 Å². The van der Waals surface area contributed by atoms with Crippen LogP contribution >= 0.6 is 0 Å². The predicted molar refractivity (Wildman–Crippen MR) is 150 cm³/mol. The molecule has 0 spiro atoms. The van der Waals surface area contributed by atoms with Gasteiger partial charge >= 0.3 is 0 Å². The highest BCUT2D eigenvalue weighted by Gasteiger charge is 2.29. The highest BCUT2D eigenvalue weighted by atomic mass is 16.3. The van der Waals surface area contributed by atoms with Crippen molar-refractivity contribution in [2.75, 3.05) is 0 Å². The first kappa shape index (κ1) is 30.1. The molecule has 192 valence electrons. The lowest BCUT2D eigenvalue weighted by atomic mass is 9.75. The minimum absolute atomic E-state index is 0.00859. The molecule has 34 heavy (non-hydrogen) atoms. The van der Waals surface area contributed by atoms with Crippen LogP contribution < -0.4 is 0 Å². The van der Waals surface area contributed by atoms with Gasteiger partial charge in [0.25, 0.3) is 0 Å². The highest BCUT2D eigenvalue weighted by molar-refractivity contribution is 5.51. The van der Waals surface area contributed by atoms with Crippen LogP contribution in [0.15, 0.2) is 30.3 Å². The Morgan fingerprint density at radius 2 is 0.676 bits per heavy atom. The van der Waals surface area contributed by atoms with Gasteiger partial charge in [-0.1, -0.05) is 134 Å². The molecule has 0 atom stereocenters. The molecule has 0 aliphatic carbocycles. The van der Waals surface area contributed by atoms with Gasteiger partial charge in [-0.05, 0) is 54.9 Å². The Kier molecular flexibility index (Phi) is 8.48. The lowest BCUT2D eigenvalue weighted by Gasteiger charge is -2.31. The summed E-state index contributed by atoms with van der Waals surface area (Å²) >= 11 is 0. The summed E-state index contributed by atoms with van der Waals surface area (Å²) in [6, 6.07) is 10.4. The maximum atomic E-state index is 10.7. The van der Waals surface area contributed by atoms with Crippen LogP contribution in [-0.4, -0.2) is 10.2 Å². The Morgan fingerprint density at radius 1 is 0.412 bits per heavy atom. The van der Waals surface area contributed by atoms with Crippen LogP contribution in [0.3, 0.4) is 0 Å². The van der Waals surface area contributed by atoms with Crippen LogP contribution in [0.25, 0.3) is 0 Å². The number of rotatable bonds is 0. The molecule has 0 aliphatic heterocycles. The third kappa shape index (κ3) is 7.52. The molecule has 2 heteroatoms. The van der Waals surface area contributed by atoms with E-state index in [-0.39, 0.29) is 27.1 Å². The van der Waals surface area contributed by atoms with E-state index in [0.717, 1.165) is 22.3 Å². The number of phenolic OH excluding ortho intramolecular Hbond substituents is 2. The van der Waals surface area contributed by atoms with Gasteiger partial charge in [-0.3, -0.25) is 0 Å². The molecule has 0 bridgehead atoms.